The van der Waals surface area contributed by atoms with Crippen LogP contribution in [0.5, 0.6) is 0 Å². The number of nitrogens with two attached hydrogens (primary N) is 2. The van der Waals surface area contributed by atoms with Gasteiger partial charge in [0.25, 0.3) is 0 Å². The zero-order chi connectivity index (χ0) is 17.0. The molecular formula is C22H32N2. The van der Waals surface area contributed by atoms with Gasteiger partial charge in [0, 0.05) is 12.6 Å². The Balaban J connectivity index is 1.82. The summed E-state index contributed by atoms with van der Waals surface area (Å²) < 4.78 is 0. The molecule has 0 saturated carbocycles. The number of hydrogen-bond donors (Lipinski definition) is 2. The van der Waals surface area contributed by atoms with E-state index in [-0.39, 0.29) is 6.04 Å². The smallest absolute Gasteiger partial charge is 0.0163 e. The summed E-state index contributed by atoms with van der Waals surface area (Å²) in [6.45, 7) is 0.596. The Kier molecular flexibility index (Phi) is 8.58. The summed E-state index contributed by atoms with van der Waals surface area (Å²) in [4.78, 5) is 0. The molecule has 0 aromatic heterocycles. The van der Waals surface area contributed by atoms with E-state index in [1.54, 1.807) is 0 Å². The molecule has 2 heteroatoms. The van der Waals surface area contributed by atoms with Gasteiger partial charge in [0.15, 0.2) is 0 Å². The van der Waals surface area contributed by atoms with Crippen molar-refractivity contribution < 1.29 is 0 Å². The molecule has 0 bridgehead atoms. The van der Waals surface area contributed by atoms with Gasteiger partial charge in [-0.3, -0.25) is 0 Å². The first-order valence-electron chi connectivity index (χ1n) is 9.31. The van der Waals surface area contributed by atoms with E-state index < -0.39 is 0 Å². The highest BCUT2D eigenvalue weighted by Crippen LogP contribution is 2.22. The summed E-state index contributed by atoms with van der Waals surface area (Å²) in [7, 11) is 0. The predicted molar refractivity (Wildman–Crippen MR) is 104 cm³/mol. The Hall–Kier alpha value is -1.64. The SMILES string of the molecule is NC[C@@H](N)CCCC(CCc1ccccc1)CCc1ccccc1. The predicted octanol–water partition coefficient (Wildman–Crippen LogP) is 4.32. The van der Waals surface area contributed by atoms with E-state index in [1.165, 1.54) is 49.7 Å². The molecule has 0 aliphatic rings. The van der Waals surface area contributed by atoms with Gasteiger partial charge < -0.3 is 11.5 Å². The number of aryl methyl sites for hydroxylation is 2. The minimum atomic E-state index is 0.161. The van der Waals surface area contributed by atoms with E-state index in [9.17, 15) is 0 Å². The van der Waals surface area contributed by atoms with Crippen LogP contribution in [0.2, 0.25) is 0 Å². The monoisotopic (exact) mass is 324 g/mol. The van der Waals surface area contributed by atoms with E-state index >= 15 is 0 Å². The lowest BCUT2D eigenvalue weighted by molar-refractivity contribution is 0.394. The Morgan fingerprint density at radius 3 is 1.62 bits per heavy atom. The second-order valence-corrected chi connectivity index (χ2v) is 6.84. The van der Waals surface area contributed by atoms with Crippen LogP contribution in [0, 0.1) is 5.92 Å². The Morgan fingerprint density at radius 2 is 1.17 bits per heavy atom. The third-order valence-electron chi connectivity index (χ3n) is 4.86. The molecule has 0 fully saturated rings. The Labute approximate surface area is 147 Å². The molecule has 0 heterocycles. The molecule has 0 aliphatic heterocycles. The maximum Gasteiger partial charge on any atom is 0.0163 e. The quantitative estimate of drug-likeness (QED) is 0.646. The van der Waals surface area contributed by atoms with Gasteiger partial charge in [0.2, 0.25) is 0 Å². The van der Waals surface area contributed by atoms with Gasteiger partial charge in [-0.25, -0.2) is 0 Å². The lowest BCUT2D eigenvalue weighted by atomic mass is 9.88. The van der Waals surface area contributed by atoms with Gasteiger partial charge in [-0.05, 0) is 49.1 Å². The maximum atomic E-state index is 5.96. The van der Waals surface area contributed by atoms with E-state index in [0.29, 0.717) is 6.54 Å². The van der Waals surface area contributed by atoms with Crippen LogP contribution in [0.15, 0.2) is 60.7 Å². The summed E-state index contributed by atoms with van der Waals surface area (Å²) in [5.74, 6) is 0.760. The van der Waals surface area contributed by atoms with Gasteiger partial charge in [-0.2, -0.15) is 0 Å². The largest absolute Gasteiger partial charge is 0.329 e. The number of rotatable bonds is 11. The second-order valence-electron chi connectivity index (χ2n) is 6.84. The molecule has 0 saturated heterocycles. The van der Waals surface area contributed by atoms with E-state index in [2.05, 4.69) is 60.7 Å². The molecule has 0 spiro atoms. The lowest BCUT2D eigenvalue weighted by Crippen LogP contribution is -2.29. The zero-order valence-corrected chi connectivity index (χ0v) is 14.7. The molecule has 2 aromatic rings. The standard InChI is InChI=1S/C22H32N2/c23-18-22(24)13-7-12-21(16-14-19-8-3-1-4-9-19)17-15-20-10-5-2-6-11-20/h1-6,8-11,21-22H,7,12-18,23-24H2/t22-/m0/s1. The molecule has 2 aromatic carbocycles. The minimum absolute atomic E-state index is 0.161. The van der Waals surface area contributed by atoms with Crippen molar-refractivity contribution in [3.8, 4) is 0 Å². The maximum absolute atomic E-state index is 5.96. The summed E-state index contributed by atoms with van der Waals surface area (Å²) in [6.07, 6.45) is 8.35. The van der Waals surface area contributed by atoms with Crippen molar-refractivity contribution in [3.63, 3.8) is 0 Å². The number of hydrogen-bond acceptors (Lipinski definition) is 2. The molecule has 0 amide bonds. The van der Waals surface area contributed by atoms with E-state index in [4.69, 9.17) is 11.5 Å². The molecule has 0 radical (unpaired) electrons. The van der Waals surface area contributed by atoms with Crippen LogP contribution in [0.1, 0.15) is 43.2 Å². The average Bonchev–Trinajstić information content (AvgIpc) is 2.65. The summed E-state index contributed by atoms with van der Waals surface area (Å²) in [5.41, 5.74) is 14.5. The third kappa shape index (κ3) is 7.29. The van der Waals surface area contributed by atoms with Crippen LogP contribution < -0.4 is 11.5 Å². The highest BCUT2D eigenvalue weighted by atomic mass is 14.7. The van der Waals surface area contributed by atoms with Crippen molar-refractivity contribution in [2.24, 2.45) is 17.4 Å². The fraction of sp³-hybridized carbons (Fsp3) is 0.455. The van der Waals surface area contributed by atoms with Gasteiger partial charge in [-0.1, -0.05) is 73.5 Å². The zero-order valence-electron chi connectivity index (χ0n) is 14.7. The van der Waals surface area contributed by atoms with Crippen LogP contribution in [0.25, 0.3) is 0 Å². The molecule has 130 valence electrons. The highest BCUT2D eigenvalue weighted by molar-refractivity contribution is 5.15. The van der Waals surface area contributed by atoms with Gasteiger partial charge in [0.05, 0.1) is 0 Å². The van der Waals surface area contributed by atoms with Crippen LogP contribution in [-0.4, -0.2) is 12.6 Å². The third-order valence-corrected chi connectivity index (χ3v) is 4.86. The van der Waals surface area contributed by atoms with E-state index in [1.807, 2.05) is 0 Å². The molecule has 0 unspecified atom stereocenters. The van der Waals surface area contributed by atoms with Gasteiger partial charge in [0.1, 0.15) is 0 Å². The van der Waals surface area contributed by atoms with Crippen LogP contribution in [0.3, 0.4) is 0 Å². The average molecular weight is 325 g/mol. The molecule has 1 atom stereocenters. The van der Waals surface area contributed by atoms with Crippen molar-refractivity contribution in [1.82, 2.24) is 0 Å². The highest BCUT2D eigenvalue weighted by Gasteiger charge is 2.11. The topological polar surface area (TPSA) is 52.0 Å². The molecular weight excluding hydrogens is 292 g/mol. The van der Waals surface area contributed by atoms with Crippen molar-refractivity contribution >= 4 is 0 Å². The second kappa shape index (κ2) is 11.0. The first kappa shape index (κ1) is 18.7. The fourth-order valence-electron chi connectivity index (χ4n) is 3.25. The Morgan fingerprint density at radius 1 is 0.667 bits per heavy atom. The van der Waals surface area contributed by atoms with Crippen molar-refractivity contribution in [2.75, 3.05) is 6.54 Å². The molecule has 2 nitrogen and oxygen atoms in total. The van der Waals surface area contributed by atoms with Crippen LogP contribution >= 0.6 is 0 Å². The normalized spacial score (nSPS) is 12.5. The van der Waals surface area contributed by atoms with Gasteiger partial charge in [-0.15, -0.1) is 0 Å². The molecule has 4 N–H and O–H groups in total. The fourth-order valence-corrected chi connectivity index (χ4v) is 3.25. The minimum Gasteiger partial charge on any atom is -0.329 e. The first-order chi connectivity index (χ1) is 11.8. The molecule has 0 aliphatic carbocycles. The van der Waals surface area contributed by atoms with Gasteiger partial charge >= 0.3 is 0 Å². The van der Waals surface area contributed by atoms with Crippen molar-refractivity contribution in [2.45, 2.75) is 51.0 Å². The summed E-state index contributed by atoms with van der Waals surface area (Å²) in [5, 5.41) is 0. The number of benzene rings is 2. The molecule has 2 rings (SSSR count). The summed E-state index contributed by atoms with van der Waals surface area (Å²) in [6, 6.07) is 21.8. The van der Waals surface area contributed by atoms with Crippen LogP contribution in [-0.2, 0) is 12.8 Å². The van der Waals surface area contributed by atoms with E-state index in [0.717, 1.165) is 12.3 Å². The molecule has 24 heavy (non-hydrogen) atoms. The summed E-state index contributed by atoms with van der Waals surface area (Å²) >= 11 is 0. The van der Waals surface area contributed by atoms with Crippen molar-refractivity contribution in [3.05, 3.63) is 71.8 Å². The van der Waals surface area contributed by atoms with Crippen molar-refractivity contribution in [1.29, 1.82) is 0 Å². The van der Waals surface area contributed by atoms with Crippen LogP contribution in [0.4, 0.5) is 0 Å². The Bertz CT molecular complexity index is 495. The lowest BCUT2D eigenvalue weighted by Gasteiger charge is -2.18. The first-order valence-corrected chi connectivity index (χ1v) is 9.31.